The number of carbonyl (C=O) groups excluding carboxylic acids is 1. The van der Waals surface area contributed by atoms with Crippen LogP contribution in [0.3, 0.4) is 0 Å². The van der Waals surface area contributed by atoms with Gasteiger partial charge in [0.1, 0.15) is 17.2 Å². The Morgan fingerprint density at radius 2 is 1.62 bits per heavy atom. The summed E-state index contributed by atoms with van der Waals surface area (Å²) in [6, 6.07) is 17.5. The standard InChI is InChI=1S/C31H29ClF2N2O3/c1-19(37)36-15-13-22(14-16-36)31(38,21-5-10-25(34)11-6-21)23-7-12-28-26(18-23)29(32)27(30(35-28)39-2)17-20-3-8-24(33)9-4-20/h3-12,18,22,38H,13-17H2,1-2H3. The number of fused-ring (bicyclic) bond motifs is 1. The Labute approximate surface area is 231 Å². The van der Waals surface area contributed by atoms with Gasteiger partial charge in [0, 0.05) is 37.4 Å². The maximum atomic E-state index is 13.9. The van der Waals surface area contributed by atoms with Crippen LogP contribution in [0, 0.1) is 17.6 Å². The number of likely N-dealkylation sites (tertiary alicyclic amines) is 1. The number of methoxy groups -OCH3 is 1. The van der Waals surface area contributed by atoms with Gasteiger partial charge < -0.3 is 14.7 Å². The van der Waals surface area contributed by atoms with Crippen molar-refractivity contribution in [2.45, 2.75) is 31.8 Å². The molecule has 202 valence electrons. The molecule has 39 heavy (non-hydrogen) atoms. The molecule has 0 saturated carbocycles. The number of hydrogen-bond donors (Lipinski definition) is 1. The molecule has 1 atom stereocenters. The Kier molecular flexibility index (Phi) is 7.56. The molecule has 1 aliphatic heterocycles. The number of benzene rings is 3. The molecule has 1 unspecified atom stereocenters. The molecule has 0 spiro atoms. The second-order valence-electron chi connectivity index (χ2n) is 10.0. The number of pyridine rings is 1. The average molecular weight is 551 g/mol. The summed E-state index contributed by atoms with van der Waals surface area (Å²) in [5.41, 5.74) is 1.80. The van der Waals surface area contributed by atoms with E-state index in [-0.39, 0.29) is 17.6 Å². The van der Waals surface area contributed by atoms with Crippen molar-refractivity contribution >= 4 is 28.4 Å². The Morgan fingerprint density at radius 1 is 1.03 bits per heavy atom. The SMILES string of the molecule is COc1nc2ccc(C(O)(c3ccc(F)cc3)C3CCN(C(C)=O)CC3)cc2c(Cl)c1Cc1ccc(F)cc1. The smallest absolute Gasteiger partial charge is 0.219 e. The molecule has 0 bridgehead atoms. The molecule has 5 nitrogen and oxygen atoms in total. The highest BCUT2D eigenvalue weighted by atomic mass is 35.5. The molecule has 0 aliphatic carbocycles. The monoisotopic (exact) mass is 550 g/mol. The second kappa shape index (κ2) is 10.9. The summed E-state index contributed by atoms with van der Waals surface area (Å²) in [4.78, 5) is 18.4. The fraction of sp³-hybridized carbons (Fsp3) is 0.290. The van der Waals surface area contributed by atoms with Crippen LogP contribution in [0.25, 0.3) is 10.9 Å². The topological polar surface area (TPSA) is 62.7 Å². The third-order valence-corrected chi connectivity index (χ3v) is 8.15. The molecule has 0 radical (unpaired) electrons. The molecule has 3 aromatic carbocycles. The number of aliphatic hydroxyl groups is 1. The quantitative estimate of drug-likeness (QED) is 0.308. The lowest BCUT2D eigenvalue weighted by molar-refractivity contribution is -0.131. The van der Waals surface area contributed by atoms with E-state index >= 15 is 0 Å². The lowest BCUT2D eigenvalue weighted by Crippen LogP contribution is -2.45. The van der Waals surface area contributed by atoms with Crippen molar-refractivity contribution in [3.8, 4) is 5.88 Å². The van der Waals surface area contributed by atoms with E-state index in [0.29, 0.717) is 70.8 Å². The van der Waals surface area contributed by atoms with Gasteiger partial charge in [-0.15, -0.1) is 0 Å². The number of hydrogen-bond acceptors (Lipinski definition) is 4. The van der Waals surface area contributed by atoms with E-state index in [1.54, 1.807) is 42.2 Å². The summed E-state index contributed by atoms with van der Waals surface area (Å²) >= 11 is 6.97. The molecule has 1 N–H and O–H groups in total. The van der Waals surface area contributed by atoms with Crippen molar-refractivity contribution in [1.82, 2.24) is 9.88 Å². The molecular weight excluding hydrogens is 522 g/mol. The van der Waals surface area contributed by atoms with E-state index in [4.69, 9.17) is 16.3 Å². The number of amides is 1. The van der Waals surface area contributed by atoms with Gasteiger partial charge >= 0.3 is 0 Å². The zero-order valence-corrected chi connectivity index (χ0v) is 22.5. The van der Waals surface area contributed by atoms with Gasteiger partial charge in [-0.2, -0.15) is 0 Å². The van der Waals surface area contributed by atoms with Gasteiger partial charge in [0.25, 0.3) is 0 Å². The van der Waals surface area contributed by atoms with Gasteiger partial charge in [-0.1, -0.05) is 41.9 Å². The molecule has 1 fully saturated rings. The molecule has 2 heterocycles. The first kappa shape index (κ1) is 27.0. The highest BCUT2D eigenvalue weighted by molar-refractivity contribution is 6.36. The first-order chi connectivity index (χ1) is 18.7. The maximum Gasteiger partial charge on any atom is 0.219 e. The molecule has 1 aliphatic rings. The summed E-state index contributed by atoms with van der Waals surface area (Å²) in [7, 11) is 1.52. The van der Waals surface area contributed by atoms with E-state index < -0.39 is 11.4 Å². The van der Waals surface area contributed by atoms with Crippen LogP contribution in [0.15, 0.2) is 66.7 Å². The normalized spacial score (nSPS) is 15.8. The number of halogens is 3. The molecule has 1 saturated heterocycles. The number of piperidine rings is 1. The van der Waals surface area contributed by atoms with Crippen molar-refractivity contribution in [2.24, 2.45) is 5.92 Å². The van der Waals surface area contributed by atoms with Crippen LogP contribution in [0.4, 0.5) is 8.78 Å². The van der Waals surface area contributed by atoms with Crippen LogP contribution in [-0.2, 0) is 16.8 Å². The molecular formula is C31H29ClF2N2O3. The number of carbonyl (C=O) groups is 1. The number of ether oxygens (including phenoxy) is 1. The average Bonchev–Trinajstić information content (AvgIpc) is 2.95. The van der Waals surface area contributed by atoms with Gasteiger partial charge in [0.05, 0.1) is 17.6 Å². The number of aromatic nitrogens is 1. The van der Waals surface area contributed by atoms with Crippen molar-refractivity contribution in [3.63, 3.8) is 0 Å². The minimum absolute atomic E-state index is 0.00460. The largest absolute Gasteiger partial charge is 0.481 e. The van der Waals surface area contributed by atoms with Crippen LogP contribution in [0.5, 0.6) is 5.88 Å². The van der Waals surface area contributed by atoms with Gasteiger partial charge in [-0.25, -0.2) is 13.8 Å². The summed E-state index contributed by atoms with van der Waals surface area (Å²) in [6.45, 7) is 2.60. The highest BCUT2D eigenvalue weighted by Crippen LogP contribution is 2.44. The summed E-state index contributed by atoms with van der Waals surface area (Å²) < 4.78 is 32.9. The van der Waals surface area contributed by atoms with Crippen molar-refractivity contribution in [1.29, 1.82) is 0 Å². The molecule has 5 rings (SSSR count). The zero-order valence-electron chi connectivity index (χ0n) is 21.8. The van der Waals surface area contributed by atoms with Crippen LogP contribution in [0.2, 0.25) is 5.02 Å². The Balaban J connectivity index is 1.62. The minimum Gasteiger partial charge on any atom is -0.481 e. The first-order valence-corrected chi connectivity index (χ1v) is 13.2. The highest BCUT2D eigenvalue weighted by Gasteiger charge is 2.42. The third-order valence-electron chi connectivity index (χ3n) is 7.72. The first-order valence-electron chi connectivity index (χ1n) is 12.9. The fourth-order valence-corrected chi connectivity index (χ4v) is 5.86. The van der Waals surface area contributed by atoms with Crippen molar-refractivity contribution < 1.29 is 23.4 Å². The molecule has 4 aromatic rings. The summed E-state index contributed by atoms with van der Waals surface area (Å²) in [6.07, 6.45) is 1.53. The van der Waals surface area contributed by atoms with Crippen molar-refractivity contribution in [3.05, 3.63) is 106 Å². The molecule has 8 heteroatoms. The van der Waals surface area contributed by atoms with E-state index in [9.17, 15) is 18.7 Å². The van der Waals surface area contributed by atoms with Crippen molar-refractivity contribution in [2.75, 3.05) is 20.2 Å². The predicted molar refractivity (Wildman–Crippen MR) is 147 cm³/mol. The molecule has 1 amide bonds. The minimum atomic E-state index is -1.45. The van der Waals surface area contributed by atoms with Gasteiger partial charge in [-0.05, 0) is 71.8 Å². The second-order valence-corrected chi connectivity index (χ2v) is 10.4. The summed E-state index contributed by atoms with van der Waals surface area (Å²) in [5.74, 6) is -0.567. The van der Waals surface area contributed by atoms with E-state index in [2.05, 4.69) is 4.98 Å². The predicted octanol–water partition coefficient (Wildman–Crippen LogP) is 6.26. The molecule has 1 aromatic heterocycles. The van der Waals surface area contributed by atoms with Crippen LogP contribution in [-0.4, -0.2) is 41.1 Å². The van der Waals surface area contributed by atoms with Gasteiger partial charge in [-0.3, -0.25) is 4.79 Å². The summed E-state index contributed by atoms with van der Waals surface area (Å²) in [5, 5.41) is 13.5. The number of nitrogens with zero attached hydrogens (tertiary/aromatic N) is 2. The lowest BCUT2D eigenvalue weighted by Gasteiger charge is -2.42. The van der Waals surface area contributed by atoms with Crippen LogP contribution < -0.4 is 4.74 Å². The maximum absolute atomic E-state index is 13.9. The van der Waals surface area contributed by atoms with E-state index in [1.807, 2.05) is 12.1 Å². The van der Waals surface area contributed by atoms with E-state index in [1.165, 1.54) is 31.4 Å². The fourth-order valence-electron chi connectivity index (χ4n) is 5.56. The van der Waals surface area contributed by atoms with E-state index in [0.717, 1.165) is 5.56 Å². The lowest BCUT2D eigenvalue weighted by atomic mass is 9.71. The van der Waals surface area contributed by atoms with Crippen LogP contribution >= 0.6 is 11.6 Å². The van der Waals surface area contributed by atoms with Gasteiger partial charge in [0.15, 0.2) is 0 Å². The van der Waals surface area contributed by atoms with Crippen LogP contribution in [0.1, 0.15) is 42.0 Å². The zero-order chi connectivity index (χ0) is 27.7. The Hall–Kier alpha value is -3.55. The van der Waals surface area contributed by atoms with Gasteiger partial charge in [0.2, 0.25) is 11.8 Å². The number of rotatable bonds is 6. The Bertz CT molecular complexity index is 1500. The third kappa shape index (κ3) is 5.21. The Morgan fingerprint density at radius 3 is 2.21 bits per heavy atom.